The van der Waals surface area contributed by atoms with Crippen molar-refractivity contribution in [1.29, 1.82) is 0 Å². The number of benzene rings is 2. The highest BCUT2D eigenvalue weighted by atomic mass is 35.5. The van der Waals surface area contributed by atoms with Crippen LogP contribution in [-0.4, -0.2) is 51.5 Å². The molecule has 0 N–H and O–H groups in total. The van der Waals surface area contributed by atoms with Crippen molar-refractivity contribution in [2.45, 2.75) is 25.7 Å². The Morgan fingerprint density at radius 2 is 1.77 bits per heavy atom. The van der Waals surface area contributed by atoms with Gasteiger partial charge in [-0.3, -0.25) is 4.79 Å². The van der Waals surface area contributed by atoms with E-state index in [1.807, 2.05) is 39.0 Å². The van der Waals surface area contributed by atoms with Crippen LogP contribution in [0.5, 0.6) is 0 Å². The zero-order valence-electron chi connectivity index (χ0n) is 17.1. The first-order valence-electron chi connectivity index (χ1n) is 9.63. The van der Waals surface area contributed by atoms with Crippen LogP contribution in [0.3, 0.4) is 0 Å². The van der Waals surface area contributed by atoms with Gasteiger partial charge >= 0.3 is 0 Å². The molecule has 1 amide bonds. The highest BCUT2D eigenvalue weighted by Gasteiger charge is 2.31. The monoisotopic (exact) mass is 470 g/mol. The Morgan fingerprint density at radius 3 is 2.40 bits per heavy atom. The molecule has 0 bridgehead atoms. The Balaban J connectivity index is 2.06. The van der Waals surface area contributed by atoms with Crippen LogP contribution in [0.2, 0.25) is 10.0 Å². The maximum absolute atomic E-state index is 13.4. The summed E-state index contributed by atoms with van der Waals surface area (Å²) in [5.41, 5.74) is 2.79. The lowest BCUT2D eigenvalue weighted by molar-refractivity contribution is 0.0730. The van der Waals surface area contributed by atoms with Gasteiger partial charge in [0.2, 0.25) is 10.0 Å². The molecule has 0 aliphatic carbocycles. The highest BCUT2D eigenvalue weighted by molar-refractivity contribution is 7.89. The lowest BCUT2D eigenvalue weighted by atomic mass is 10.1. The molecule has 0 saturated carbocycles. The van der Waals surface area contributed by atoms with E-state index in [-0.39, 0.29) is 39.5 Å². The molecule has 0 unspecified atom stereocenters. The third-order valence-corrected chi connectivity index (χ3v) is 7.73. The number of hydrogen-bond donors (Lipinski definition) is 0. The number of sulfonamides is 1. The number of hydrogen-bond acceptors (Lipinski definition) is 4. The van der Waals surface area contributed by atoms with Crippen molar-refractivity contribution >= 4 is 44.8 Å². The van der Waals surface area contributed by atoms with Gasteiger partial charge in [-0.2, -0.15) is 4.31 Å². The van der Waals surface area contributed by atoms with Gasteiger partial charge in [-0.05, 0) is 50.1 Å². The third kappa shape index (κ3) is 4.50. The van der Waals surface area contributed by atoms with Crippen LogP contribution in [0.25, 0.3) is 0 Å². The third-order valence-electron chi connectivity index (χ3n) is 5.06. The molecule has 0 radical (unpaired) electrons. The molecule has 30 heavy (non-hydrogen) atoms. The summed E-state index contributed by atoms with van der Waals surface area (Å²) in [6.45, 7) is 7.20. The summed E-state index contributed by atoms with van der Waals surface area (Å²) in [4.78, 5) is 14.9. The van der Waals surface area contributed by atoms with Gasteiger partial charge < -0.3 is 9.64 Å². The number of amides is 1. The van der Waals surface area contributed by atoms with Crippen molar-refractivity contribution in [3.63, 3.8) is 0 Å². The van der Waals surface area contributed by atoms with E-state index in [0.29, 0.717) is 19.8 Å². The van der Waals surface area contributed by atoms with Gasteiger partial charge in [0.05, 0.1) is 28.8 Å². The smallest absolute Gasteiger partial charge is 0.259 e. The van der Waals surface area contributed by atoms with Crippen LogP contribution in [0, 0.1) is 13.8 Å². The van der Waals surface area contributed by atoms with Gasteiger partial charge in [0.1, 0.15) is 4.90 Å². The molecule has 162 valence electrons. The average Bonchev–Trinajstić information content (AvgIpc) is 2.71. The fourth-order valence-corrected chi connectivity index (χ4v) is 5.63. The van der Waals surface area contributed by atoms with Gasteiger partial charge in [0.25, 0.3) is 5.91 Å². The fourth-order valence-electron chi connectivity index (χ4n) is 3.40. The standard InChI is InChI=1S/C21H24Cl2N2O4S/c1-4-25(19-11-14(2)5-6-15(19)3)21(26)16-12-20(18(23)13-17(16)22)30(27,28)24-7-9-29-10-8-24/h5-6,11-13H,4,7-10H2,1-3H3. The van der Waals surface area contributed by atoms with Crippen molar-refractivity contribution in [3.8, 4) is 0 Å². The molecular formula is C21H24Cl2N2O4S. The van der Waals surface area contributed by atoms with Crippen LogP contribution in [0.4, 0.5) is 5.69 Å². The summed E-state index contributed by atoms with van der Waals surface area (Å²) in [6.07, 6.45) is 0. The van der Waals surface area contributed by atoms with Gasteiger partial charge in [-0.1, -0.05) is 35.3 Å². The van der Waals surface area contributed by atoms with Gasteiger partial charge in [-0.15, -0.1) is 0 Å². The zero-order chi connectivity index (χ0) is 22.1. The number of morpholine rings is 1. The number of anilines is 1. The maximum atomic E-state index is 13.4. The maximum Gasteiger partial charge on any atom is 0.259 e. The normalized spacial score (nSPS) is 15.2. The predicted molar refractivity (Wildman–Crippen MR) is 119 cm³/mol. The number of nitrogens with zero attached hydrogens (tertiary/aromatic N) is 2. The molecule has 1 aliphatic rings. The number of aryl methyl sites for hydroxylation is 2. The quantitative estimate of drug-likeness (QED) is 0.653. The molecular weight excluding hydrogens is 447 g/mol. The lowest BCUT2D eigenvalue weighted by Gasteiger charge is -2.27. The van der Waals surface area contributed by atoms with E-state index in [2.05, 4.69) is 0 Å². The van der Waals surface area contributed by atoms with E-state index >= 15 is 0 Å². The SMILES string of the molecule is CCN(C(=O)c1cc(S(=O)(=O)N2CCOCC2)c(Cl)cc1Cl)c1cc(C)ccc1C. The van der Waals surface area contributed by atoms with E-state index in [1.165, 1.54) is 16.4 Å². The summed E-state index contributed by atoms with van der Waals surface area (Å²) in [6, 6.07) is 8.44. The highest BCUT2D eigenvalue weighted by Crippen LogP contribution is 2.33. The van der Waals surface area contributed by atoms with Crippen LogP contribution >= 0.6 is 23.2 Å². The van der Waals surface area contributed by atoms with Gasteiger partial charge in [0, 0.05) is 25.3 Å². The summed E-state index contributed by atoms with van der Waals surface area (Å²) < 4.78 is 32.8. The molecule has 2 aromatic rings. The molecule has 6 nitrogen and oxygen atoms in total. The molecule has 9 heteroatoms. The van der Waals surface area contributed by atoms with E-state index in [0.717, 1.165) is 16.8 Å². The van der Waals surface area contributed by atoms with Crippen LogP contribution < -0.4 is 4.90 Å². The molecule has 2 aromatic carbocycles. The van der Waals surface area contributed by atoms with Crippen molar-refractivity contribution in [1.82, 2.24) is 4.31 Å². The molecule has 3 rings (SSSR count). The number of rotatable bonds is 5. The fraction of sp³-hybridized carbons (Fsp3) is 0.381. The molecule has 0 atom stereocenters. The van der Waals surface area contributed by atoms with Crippen LogP contribution in [-0.2, 0) is 14.8 Å². The summed E-state index contributed by atoms with van der Waals surface area (Å²) in [5.74, 6) is -0.383. The van der Waals surface area contributed by atoms with Crippen molar-refractivity contribution in [3.05, 3.63) is 57.1 Å². The molecule has 1 fully saturated rings. The summed E-state index contributed by atoms with van der Waals surface area (Å²) >= 11 is 12.6. The van der Waals surface area contributed by atoms with Crippen molar-refractivity contribution < 1.29 is 17.9 Å². The second kappa shape index (κ2) is 9.24. The zero-order valence-corrected chi connectivity index (χ0v) is 19.4. The number of halogens is 2. The van der Waals surface area contributed by atoms with Crippen LogP contribution in [0.1, 0.15) is 28.4 Å². The first-order valence-corrected chi connectivity index (χ1v) is 11.8. The first-order chi connectivity index (χ1) is 14.2. The molecule has 1 heterocycles. The number of ether oxygens (including phenoxy) is 1. The van der Waals surface area contributed by atoms with Crippen molar-refractivity contribution in [2.75, 3.05) is 37.7 Å². The largest absolute Gasteiger partial charge is 0.379 e. The Labute approximate surface area is 187 Å². The molecule has 1 saturated heterocycles. The van der Waals surface area contributed by atoms with E-state index in [9.17, 15) is 13.2 Å². The lowest BCUT2D eigenvalue weighted by Crippen LogP contribution is -2.40. The van der Waals surface area contributed by atoms with E-state index in [4.69, 9.17) is 27.9 Å². The molecule has 0 spiro atoms. The van der Waals surface area contributed by atoms with Crippen molar-refractivity contribution in [2.24, 2.45) is 0 Å². The second-order valence-corrected chi connectivity index (χ2v) is 9.84. The Morgan fingerprint density at radius 1 is 1.10 bits per heavy atom. The van der Waals surface area contributed by atoms with Gasteiger partial charge in [-0.25, -0.2) is 8.42 Å². The number of carbonyl (C=O) groups is 1. The first kappa shape index (κ1) is 23.0. The predicted octanol–water partition coefficient (Wildman–Crippen LogP) is 4.30. The Bertz CT molecular complexity index is 1070. The minimum absolute atomic E-state index is 0.0159. The van der Waals surface area contributed by atoms with Gasteiger partial charge in [0.15, 0.2) is 0 Å². The minimum Gasteiger partial charge on any atom is -0.379 e. The summed E-state index contributed by atoms with van der Waals surface area (Å²) in [7, 11) is -3.89. The minimum atomic E-state index is -3.89. The number of carbonyl (C=O) groups excluding carboxylic acids is 1. The molecule has 0 aromatic heterocycles. The Kier molecular flexibility index (Phi) is 7.09. The van der Waals surface area contributed by atoms with Crippen LogP contribution in [0.15, 0.2) is 35.2 Å². The van der Waals surface area contributed by atoms with E-state index < -0.39 is 10.0 Å². The topological polar surface area (TPSA) is 66.9 Å². The molecule has 1 aliphatic heterocycles. The average molecular weight is 471 g/mol. The Hall–Kier alpha value is -1.64. The second-order valence-electron chi connectivity index (χ2n) is 7.12. The summed E-state index contributed by atoms with van der Waals surface area (Å²) in [5, 5.41) is 0.0903. The van der Waals surface area contributed by atoms with E-state index in [1.54, 1.807) is 4.90 Å².